The number of phenolic OH excluding ortho intramolecular Hbond substituents is 1. The highest BCUT2D eigenvalue weighted by atomic mass is 16.6. The Balaban J connectivity index is 1.17. The fraction of sp³-hybridized carbons (Fsp3) is 0.795. The van der Waals surface area contributed by atoms with Gasteiger partial charge in [-0.3, -0.25) is 10.1 Å². The minimum Gasteiger partial charge on any atom is -0.507 e. The highest BCUT2D eigenvalue weighted by Crippen LogP contribution is 2.68. The summed E-state index contributed by atoms with van der Waals surface area (Å²) in [5.41, 5.74) is 0.892. The van der Waals surface area contributed by atoms with Crippen LogP contribution in [0.3, 0.4) is 0 Å². The van der Waals surface area contributed by atoms with Gasteiger partial charge >= 0.3 is 6.09 Å². The summed E-state index contributed by atoms with van der Waals surface area (Å²) in [5.74, 6) is 5.38. The van der Waals surface area contributed by atoms with Crippen LogP contribution in [0.2, 0.25) is 0 Å². The maximum Gasteiger partial charge on any atom is 0.412 e. The summed E-state index contributed by atoms with van der Waals surface area (Å²) in [4.78, 5) is 25.4. The summed E-state index contributed by atoms with van der Waals surface area (Å²) in [6.07, 6.45) is 15.0. The second-order valence-electron chi connectivity index (χ2n) is 17.5. The average Bonchev–Trinajstić information content (AvgIpc) is 3.29. The second kappa shape index (κ2) is 13.1. The van der Waals surface area contributed by atoms with E-state index in [1.165, 1.54) is 70.3 Å². The van der Waals surface area contributed by atoms with Crippen molar-refractivity contribution >= 4 is 17.7 Å². The van der Waals surface area contributed by atoms with Crippen molar-refractivity contribution in [2.24, 2.45) is 52.3 Å². The van der Waals surface area contributed by atoms with E-state index in [2.05, 4.69) is 45.3 Å². The van der Waals surface area contributed by atoms with Crippen molar-refractivity contribution in [3.05, 3.63) is 23.8 Å². The Morgan fingerprint density at radius 2 is 1.67 bits per heavy atom. The molecule has 4 fully saturated rings. The molecule has 4 aliphatic rings. The molecule has 6 nitrogen and oxygen atoms in total. The van der Waals surface area contributed by atoms with E-state index in [0.29, 0.717) is 22.4 Å². The van der Waals surface area contributed by atoms with Gasteiger partial charge in [0.15, 0.2) is 0 Å². The summed E-state index contributed by atoms with van der Waals surface area (Å²) in [6, 6.07) is 4.75. The number of fused-ring (bicyclic) bond motifs is 5. The first kappa shape index (κ1) is 34.1. The van der Waals surface area contributed by atoms with Gasteiger partial charge in [0.2, 0.25) is 0 Å². The number of phenols is 1. The molecule has 0 aromatic heterocycles. The lowest BCUT2D eigenvalue weighted by Crippen LogP contribution is -2.55. The molecule has 0 heterocycles. The molecule has 0 aliphatic heterocycles. The first-order valence-corrected chi connectivity index (χ1v) is 18.2. The quantitative estimate of drug-likeness (QED) is 0.269. The number of nitrogens with one attached hydrogen (secondary N) is 2. The van der Waals surface area contributed by atoms with Crippen LogP contribution in [0.15, 0.2) is 18.2 Å². The van der Waals surface area contributed by atoms with Crippen LogP contribution in [0.4, 0.5) is 10.5 Å². The molecule has 0 bridgehead atoms. The van der Waals surface area contributed by atoms with Gasteiger partial charge in [-0.2, -0.15) is 0 Å². The van der Waals surface area contributed by atoms with E-state index in [4.69, 9.17) is 4.74 Å². The monoisotopic (exact) mass is 622 g/mol. The van der Waals surface area contributed by atoms with Crippen LogP contribution in [-0.2, 0) is 4.74 Å². The predicted molar refractivity (Wildman–Crippen MR) is 182 cm³/mol. The zero-order valence-electron chi connectivity index (χ0n) is 29.5. The van der Waals surface area contributed by atoms with Crippen molar-refractivity contribution in [3.63, 3.8) is 0 Å². The summed E-state index contributed by atoms with van der Waals surface area (Å²) in [7, 11) is 0. The van der Waals surface area contributed by atoms with Crippen molar-refractivity contribution in [1.29, 1.82) is 0 Å². The van der Waals surface area contributed by atoms with Gasteiger partial charge in [0.1, 0.15) is 11.4 Å². The SMILES string of the molecule is CC(C)CCC[C@@H](C)[C@H]1CC[C@H]2[C@@H]3CCC4CC(NC(=O)c5ccc(NC(=O)OC(C)(C)C)cc5O)CC[C@]4(C)[C@H]3CC[C@]12C. The molecule has 3 N–H and O–H groups in total. The molecule has 6 heteroatoms. The smallest absolute Gasteiger partial charge is 0.412 e. The molecule has 0 spiro atoms. The number of benzene rings is 1. The lowest BCUT2D eigenvalue weighted by atomic mass is 9.44. The van der Waals surface area contributed by atoms with Crippen molar-refractivity contribution in [2.75, 3.05) is 5.32 Å². The lowest BCUT2D eigenvalue weighted by Gasteiger charge is -2.61. The minimum atomic E-state index is -0.621. The van der Waals surface area contributed by atoms with E-state index >= 15 is 0 Å². The van der Waals surface area contributed by atoms with E-state index in [-0.39, 0.29) is 23.3 Å². The molecule has 0 saturated heterocycles. The van der Waals surface area contributed by atoms with Gasteiger partial charge in [0, 0.05) is 17.8 Å². The number of amides is 2. The molecule has 4 aliphatic carbocycles. The Morgan fingerprint density at radius 1 is 0.956 bits per heavy atom. The van der Waals surface area contributed by atoms with Gasteiger partial charge in [0.05, 0.1) is 5.56 Å². The fourth-order valence-electron chi connectivity index (χ4n) is 10.9. The van der Waals surface area contributed by atoms with Crippen molar-refractivity contribution in [3.8, 4) is 5.75 Å². The topological polar surface area (TPSA) is 87.7 Å². The van der Waals surface area contributed by atoms with Crippen LogP contribution >= 0.6 is 0 Å². The van der Waals surface area contributed by atoms with Crippen molar-refractivity contribution < 1.29 is 19.4 Å². The molecule has 1 aromatic rings. The van der Waals surface area contributed by atoms with Gasteiger partial charge in [-0.15, -0.1) is 0 Å². The lowest BCUT2D eigenvalue weighted by molar-refractivity contribution is -0.117. The Morgan fingerprint density at radius 3 is 2.36 bits per heavy atom. The third-order valence-electron chi connectivity index (χ3n) is 13.1. The number of carbonyl (C=O) groups is 2. The number of anilines is 1. The van der Waals surface area contributed by atoms with Crippen LogP contribution in [0.1, 0.15) is 143 Å². The van der Waals surface area contributed by atoms with Crippen LogP contribution in [0.25, 0.3) is 0 Å². The number of carbonyl (C=O) groups excluding carboxylic acids is 2. The zero-order valence-corrected chi connectivity index (χ0v) is 29.5. The first-order chi connectivity index (χ1) is 21.1. The second-order valence-corrected chi connectivity index (χ2v) is 17.5. The Bertz CT molecular complexity index is 1220. The van der Waals surface area contributed by atoms with Crippen LogP contribution < -0.4 is 10.6 Å². The largest absolute Gasteiger partial charge is 0.507 e. The molecule has 1 aromatic carbocycles. The van der Waals surface area contributed by atoms with Gasteiger partial charge in [-0.25, -0.2) is 4.79 Å². The Labute approximate surface area is 273 Å². The Kier molecular flexibility index (Phi) is 9.93. The Hall–Kier alpha value is -2.24. The number of hydrogen-bond donors (Lipinski definition) is 3. The van der Waals surface area contributed by atoms with Gasteiger partial charge in [0.25, 0.3) is 5.91 Å². The third-order valence-corrected chi connectivity index (χ3v) is 13.1. The van der Waals surface area contributed by atoms with Crippen LogP contribution in [0.5, 0.6) is 5.75 Å². The van der Waals surface area contributed by atoms with Crippen molar-refractivity contribution in [2.45, 2.75) is 144 Å². The summed E-state index contributed by atoms with van der Waals surface area (Å²) >= 11 is 0. The minimum absolute atomic E-state index is 0.127. The maximum atomic E-state index is 13.3. The maximum absolute atomic E-state index is 13.3. The van der Waals surface area contributed by atoms with E-state index in [0.717, 1.165) is 48.3 Å². The van der Waals surface area contributed by atoms with Gasteiger partial charge < -0.3 is 15.2 Å². The van der Waals surface area contributed by atoms with Crippen LogP contribution in [-0.4, -0.2) is 28.7 Å². The van der Waals surface area contributed by atoms with E-state index in [9.17, 15) is 14.7 Å². The van der Waals surface area contributed by atoms with E-state index in [1.54, 1.807) is 32.9 Å². The predicted octanol–water partition coefficient (Wildman–Crippen LogP) is 9.96. The third kappa shape index (κ3) is 7.20. The summed E-state index contributed by atoms with van der Waals surface area (Å²) in [6.45, 7) is 17.9. The molecule has 2 amide bonds. The molecule has 4 saturated carbocycles. The number of ether oxygens (including phenoxy) is 1. The van der Waals surface area contributed by atoms with Crippen molar-refractivity contribution in [1.82, 2.24) is 5.32 Å². The molecule has 45 heavy (non-hydrogen) atoms. The first-order valence-electron chi connectivity index (χ1n) is 18.2. The average molecular weight is 623 g/mol. The van der Waals surface area contributed by atoms with Gasteiger partial charge in [-0.1, -0.05) is 53.9 Å². The normalized spacial score (nSPS) is 35.1. The highest BCUT2D eigenvalue weighted by Gasteiger charge is 2.60. The number of rotatable bonds is 8. The molecule has 5 rings (SSSR count). The van der Waals surface area contributed by atoms with E-state index < -0.39 is 11.7 Å². The number of aromatic hydroxyl groups is 1. The number of hydrogen-bond acceptors (Lipinski definition) is 4. The van der Waals surface area contributed by atoms with Crippen LogP contribution in [0, 0.1) is 52.3 Å². The standard InChI is InChI=1S/C39H62N2O4/c1-24(2)10-9-11-25(3)31-16-17-32-29-14-12-26-22-28(18-20-38(26,7)33(29)19-21-39(31,32)8)40-35(43)30-15-13-27(23-34(30)42)41-36(44)45-37(4,5)6/h13,15,23-26,28-29,31-33,42H,9-12,14,16-22H2,1-8H3,(H,40,43)(H,41,44)/t25-,26?,28?,29+,31-,32+,33+,38+,39-/m1/s1. The zero-order chi connectivity index (χ0) is 32.7. The molecule has 252 valence electrons. The molecule has 2 unspecified atom stereocenters. The molecular weight excluding hydrogens is 560 g/mol. The van der Waals surface area contributed by atoms with E-state index in [1.807, 2.05) is 0 Å². The molecule has 9 atom stereocenters. The highest BCUT2D eigenvalue weighted by molar-refractivity contribution is 5.98. The fourth-order valence-corrected chi connectivity index (χ4v) is 10.9. The molecule has 0 radical (unpaired) electrons. The van der Waals surface area contributed by atoms with Gasteiger partial charge in [-0.05, 0) is 143 Å². The summed E-state index contributed by atoms with van der Waals surface area (Å²) in [5, 5.41) is 16.5. The molecular formula is C39H62N2O4. The summed E-state index contributed by atoms with van der Waals surface area (Å²) < 4.78 is 5.29.